The molecule has 84 valence electrons. The Labute approximate surface area is 100 Å². The van der Waals surface area contributed by atoms with E-state index in [0.29, 0.717) is 6.10 Å². The van der Waals surface area contributed by atoms with Gasteiger partial charge in [0.05, 0.1) is 12.7 Å². The highest BCUT2D eigenvalue weighted by atomic mass is 79.9. The topological polar surface area (TPSA) is 21.3 Å². The van der Waals surface area contributed by atoms with Crippen LogP contribution in [0.2, 0.25) is 0 Å². The van der Waals surface area contributed by atoms with Crippen LogP contribution < -0.4 is 5.32 Å². The SMILES string of the molecule is Cc1ccc(Br)c(NCCOC(C)C)c1. The smallest absolute Gasteiger partial charge is 0.0642 e. The minimum absolute atomic E-state index is 0.299. The number of hydrogen-bond donors (Lipinski definition) is 1. The van der Waals surface area contributed by atoms with Crippen LogP contribution in [-0.4, -0.2) is 19.3 Å². The monoisotopic (exact) mass is 271 g/mol. The molecular weight excluding hydrogens is 254 g/mol. The van der Waals surface area contributed by atoms with Gasteiger partial charge in [-0.15, -0.1) is 0 Å². The summed E-state index contributed by atoms with van der Waals surface area (Å²) in [5.41, 5.74) is 2.38. The van der Waals surface area contributed by atoms with Gasteiger partial charge in [0, 0.05) is 16.7 Å². The molecule has 0 atom stereocenters. The van der Waals surface area contributed by atoms with Gasteiger partial charge in [-0.3, -0.25) is 0 Å². The molecule has 1 aromatic rings. The van der Waals surface area contributed by atoms with E-state index in [0.717, 1.165) is 23.3 Å². The lowest BCUT2D eigenvalue weighted by Gasteiger charge is -2.11. The van der Waals surface area contributed by atoms with Crippen molar-refractivity contribution in [2.45, 2.75) is 26.9 Å². The molecule has 15 heavy (non-hydrogen) atoms. The maximum atomic E-state index is 5.46. The van der Waals surface area contributed by atoms with Gasteiger partial charge in [0.1, 0.15) is 0 Å². The molecule has 1 rings (SSSR count). The van der Waals surface area contributed by atoms with Crippen molar-refractivity contribution in [3.05, 3.63) is 28.2 Å². The first-order chi connectivity index (χ1) is 7.09. The molecule has 0 aliphatic heterocycles. The van der Waals surface area contributed by atoms with Crippen LogP contribution in [0.4, 0.5) is 5.69 Å². The van der Waals surface area contributed by atoms with Gasteiger partial charge in [-0.25, -0.2) is 0 Å². The number of benzene rings is 1. The number of rotatable bonds is 5. The van der Waals surface area contributed by atoms with E-state index in [2.05, 4.69) is 46.4 Å². The highest BCUT2D eigenvalue weighted by molar-refractivity contribution is 9.10. The molecule has 0 radical (unpaired) electrons. The molecule has 0 aliphatic carbocycles. The Bertz CT molecular complexity index is 312. The molecule has 0 amide bonds. The number of hydrogen-bond acceptors (Lipinski definition) is 2. The third kappa shape index (κ3) is 4.67. The van der Waals surface area contributed by atoms with Crippen LogP contribution in [0.25, 0.3) is 0 Å². The minimum atomic E-state index is 0.299. The summed E-state index contributed by atoms with van der Waals surface area (Å²) in [6, 6.07) is 6.26. The van der Waals surface area contributed by atoms with Gasteiger partial charge in [0.15, 0.2) is 0 Å². The van der Waals surface area contributed by atoms with Crippen molar-refractivity contribution in [2.75, 3.05) is 18.5 Å². The van der Waals surface area contributed by atoms with Crippen molar-refractivity contribution in [3.8, 4) is 0 Å². The van der Waals surface area contributed by atoms with E-state index >= 15 is 0 Å². The van der Waals surface area contributed by atoms with E-state index in [4.69, 9.17) is 4.74 Å². The fourth-order valence-corrected chi connectivity index (χ4v) is 1.64. The van der Waals surface area contributed by atoms with Crippen LogP contribution in [0, 0.1) is 6.92 Å². The summed E-state index contributed by atoms with van der Waals surface area (Å²) in [4.78, 5) is 0. The Morgan fingerprint density at radius 2 is 2.13 bits per heavy atom. The quantitative estimate of drug-likeness (QED) is 0.827. The molecule has 0 aliphatic rings. The van der Waals surface area contributed by atoms with E-state index < -0.39 is 0 Å². The van der Waals surface area contributed by atoms with Crippen LogP contribution in [-0.2, 0) is 4.74 Å². The fraction of sp³-hybridized carbons (Fsp3) is 0.500. The lowest BCUT2D eigenvalue weighted by molar-refractivity contribution is 0.0870. The van der Waals surface area contributed by atoms with Crippen LogP contribution in [0.1, 0.15) is 19.4 Å². The van der Waals surface area contributed by atoms with Crippen molar-refractivity contribution in [3.63, 3.8) is 0 Å². The van der Waals surface area contributed by atoms with E-state index in [1.807, 2.05) is 13.8 Å². The first-order valence-corrected chi connectivity index (χ1v) is 6.00. The summed E-state index contributed by atoms with van der Waals surface area (Å²) in [5.74, 6) is 0. The van der Waals surface area contributed by atoms with E-state index in [1.165, 1.54) is 5.56 Å². The van der Waals surface area contributed by atoms with Gasteiger partial charge >= 0.3 is 0 Å². The Balaban J connectivity index is 2.40. The standard InChI is InChI=1S/C12H18BrNO/c1-9(2)15-7-6-14-12-8-10(3)4-5-11(12)13/h4-5,8-9,14H,6-7H2,1-3H3. The molecule has 0 saturated carbocycles. The predicted octanol–water partition coefficient (Wildman–Crippen LogP) is 3.59. The second kappa shape index (κ2) is 6.13. The number of anilines is 1. The Morgan fingerprint density at radius 3 is 2.80 bits per heavy atom. The first-order valence-electron chi connectivity index (χ1n) is 5.21. The van der Waals surface area contributed by atoms with Crippen LogP contribution in [0.15, 0.2) is 22.7 Å². The maximum Gasteiger partial charge on any atom is 0.0642 e. The zero-order chi connectivity index (χ0) is 11.3. The van der Waals surface area contributed by atoms with Gasteiger partial charge < -0.3 is 10.1 Å². The largest absolute Gasteiger partial charge is 0.382 e. The molecule has 1 aromatic carbocycles. The molecular formula is C12H18BrNO. The third-order valence-electron chi connectivity index (χ3n) is 1.99. The maximum absolute atomic E-state index is 5.46. The molecule has 2 nitrogen and oxygen atoms in total. The highest BCUT2D eigenvalue weighted by Gasteiger charge is 1.99. The Kier molecular flexibility index (Phi) is 5.12. The number of nitrogens with one attached hydrogen (secondary N) is 1. The Hall–Kier alpha value is -0.540. The van der Waals surface area contributed by atoms with Crippen LogP contribution in [0.3, 0.4) is 0 Å². The van der Waals surface area contributed by atoms with Crippen molar-refractivity contribution >= 4 is 21.6 Å². The van der Waals surface area contributed by atoms with Gasteiger partial charge in [-0.2, -0.15) is 0 Å². The number of aryl methyl sites for hydroxylation is 1. The van der Waals surface area contributed by atoms with E-state index in [-0.39, 0.29) is 0 Å². The van der Waals surface area contributed by atoms with Gasteiger partial charge in [0.25, 0.3) is 0 Å². The van der Waals surface area contributed by atoms with E-state index in [9.17, 15) is 0 Å². The van der Waals surface area contributed by atoms with Gasteiger partial charge in [-0.05, 0) is 54.4 Å². The molecule has 0 aromatic heterocycles. The van der Waals surface area contributed by atoms with Crippen molar-refractivity contribution in [1.82, 2.24) is 0 Å². The summed E-state index contributed by atoms with van der Waals surface area (Å²) in [6.45, 7) is 7.74. The second-order valence-electron chi connectivity index (χ2n) is 3.83. The molecule has 0 unspecified atom stereocenters. The molecule has 1 N–H and O–H groups in total. The van der Waals surface area contributed by atoms with Crippen LogP contribution >= 0.6 is 15.9 Å². The average Bonchev–Trinajstić information content (AvgIpc) is 2.17. The molecule has 0 heterocycles. The van der Waals surface area contributed by atoms with Crippen molar-refractivity contribution < 1.29 is 4.74 Å². The summed E-state index contributed by atoms with van der Waals surface area (Å²) in [7, 11) is 0. The van der Waals surface area contributed by atoms with Crippen molar-refractivity contribution in [2.24, 2.45) is 0 Å². The zero-order valence-electron chi connectivity index (χ0n) is 9.51. The number of halogens is 1. The fourth-order valence-electron chi connectivity index (χ4n) is 1.25. The molecule has 0 bridgehead atoms. The summed E-state index contributed by atoms with van der Waals surface area (Å²) >= 11 is 3.51. The molecule has 3 heteroatoms. The lowest BCUT2D eigenvalue weighted by atomic mass is 10.2. The summed E-state index contributed by atoms with van der Waals surface area (Å²) in [5, 5.41) is 3.34. The minimum Gasteiger partial charge on any atom is -0.382 e. The van der Waals surface area contributed by atoms with Crippen molar-refractivity contribution in [1.29, 1.82) is 0 Å². The van der Waals surface area contributed by atoms with Gasteiger partial charge in [0.2, 0.25) is 0 Å². The number of ether oxygens (including phenoxy) is 1. The molecule has 0 saturated heterocycles. The molecule has 0 fully saturated rings. The van der Waals surface area contributed by atoms with Crippen LogP contribution in [0.5, 0.6) is 0 Å². The second-order valence-corrected chi connectivity index (χ2v) is 4.68. The highest BCUT2D eigenvalue weighted by Crippen LogP contribution is 2.22. The van der Waals surface area contributed by atoms with E-state index in [1.54, 1.807) is 0 Å². The predicted molar refractivity (Wildman–Crippen MR) is 68.5 cm³/mol. The third-order valence-corrected chi connectivity index (χ3v) is 2.68. The van der Waals surface area contributed by atoms with Gasteiger partial charge in [-0.1, -0.05) is 6.07 Å². The zero-order valence-corrected chi connectivity index (χ0v) is 11.1. The average molecular weight is 272 g/mol. The summed E-state index contributed by atoms with van der Waals surface area (Å²) < 4.78 is 6.55. The first kappa shape index (κ1) is 12.5. The Morgan fingerprint density at radius 1 is 1.40 bits per heavy atom. The summed E-state index contributed by atoms with van der Waals surface area (Å²) in [6.07, 6.45) is 0.299. The lowest BCUT2D eigenvalue weighted by Crippen LogP contribution is -2.13. The normalized spacial score (nSPS) is 10.7. The molecule has 0 spiro atoms.